The van der Waals surface area contributed by atoms with E-state index >= 15 is 0 Å². The monoisotopic (exact) mass is 387 g/mol. The molecule has 27 heavy (non-hydrogen) atoms. The van der Waals surface area contributed by atoms with Gasteiger partial charge in [-0.15, -0.1) is 0 Å². The number of piperidine rings is 1. The minimum atomic E-state index is 0.409. The lowest BCUT2D eigenvalue weighted by molar-refractivity contribution is -0.119. The summed E-state index contributed by atoms with van der Waals surface area (Å²) >= 11 is 2.14. The maximum atomic E-state index is 11.4. The van der Waals surface area contributed by atoms with E-state index in [4.69, 9.17) is 0 Å². The Morgan fingerprint density at radius 2 is 1.56 bits per heavy atom. The van der Waals surface area contributed by atoms with Gasteiger partial charge in [-0.05, 0) is 61.0 Å². The Labute approximate surface area is 170 Å². The number of aryl methyl sites for hydroxylation is 1. The third-order valence-electron chi connectivity index (χ3n) is 6.18. The van der Waals surface area contributed by atoms with Gasteiger partial charge >= 0.3 is 0 Å². The number of carbonyl (C=O) groups is 1. The standard InChI is InChI=1S/C24H37NOS/c1-24(2,3)27-18-21-8-6-19(7-9-21)4-5-20-10-12-22(13-11-20)25-16-14-23(26)15-17-25/h10-13,19,21H,4-9,14-18H2,1-3H3. The molecule has 0 atom stereocenters. The van der Waals surface area contributed by atoms with E-state index in [9.17, 15) is 4.79 Å². The molecule has 2 aliphatic rings. The lowest BCUT2D eigenvalue weighted by atomic mass is 9.80. The highest BCUT2D eigenvalue weighted by molar-refractivity contribution is 8.00. The number of hydrogen-bond donors (Lipinski definition) is 0. The molecule has 2 nitrogen and oxygen atoms in total. The van der Waals surface area contributed by atoms with E-state index in [2.05, 4.69) is 61.7 Å². The first kappa shape index (κ1) is 20.8. The van der Waals surface area contributed by atoms with Crippen molar-refractivity contribution in [2.24, 2.45) is 11.8 Å². The third-order valence-corrected chi connectivity index (χ3v) is 7.69. The smallest absolute Gasteiger partial charge is 0.136 e. The summed E-state index contributed by atoms with van der Waals surface area (Å²) in [6.07, 6.45) is 9.68. The SMILES string of the molecule is CC(C)(C)SCC1CCC(CCc2ccc(N3CCC(=O)CC3)cc2)CC1. The zero-order valence-corrected chi connectivity index (χ0v) is 18.3. The van der Waals surface area contributed by atoms with E-state index in [0.29, 0.717) is 23.4 Å². The quantitative estimate of drug-likeness (QED) is 0.586. The summed E-state index contributed by atoms with van der Waals surface area (Å²) in [5.41, 5.74) is 2.75. The number of Topliss-reactive ketones (excluding diaryl/α,β-unsaturated/α-hetero) is 1. The number of hydrogen-bond acceptors (Lipinski definition) is 3. The summed E-state index contributed by atoms with van der Waals surface area (Å²) in [4.78, 5) is 13.8. The molecule has 3 rings (SSSR count). The van der Waals surface area contributed by atoms with Crippen LogP contribution >= 0.6 is 11.8 Å². The van der Waals surface area contributed by atoms with Crippen LogP contribution < -0.4 is 4.90 Å². The number of carbonyl (C=O) groups excluding carboxylic acids is 1. The average Bonchev–Trinajstić information content (AvgIpc) is 2.66. The van der Waals surface area contributed by atoms with Gasteiger partial charge in [-0.2, -0.15) is 11.8 Å². The van der Waals surface area contributed by atoms with Crippen LogP contribution in [0.5, 0.6) is 0 Å². The van der Waals surface area contributed by atoms with Crippen LogP contribution in [-0.4, -0.2) is 29.4 Å². The molecule has 1 aliphatic heterocycles. The Hall–Kier alpha value is -0.960. The van der Waals surface area contributed by atoms with Crippen LogP contribution in [0.3, 0.4) is 0 Å². The fourth-order valence-electron chi connectivity index (χ4n) is 4.31. The number of rotatable bonds is 6. The topological polar surface area (TPSA) is 20.3 Å². The van der Waals surface area contributed by atoms with Crippen LogP contribution in [0.25, 0.3) is 0 Å². The van der Waals surface area contributed by atoms with Crippen LogP contribution in [0.1, 0.15) is 71.3 Å². The van der Waals surface area contributed by atoms with E-state index in [1.807, 2.05) is 0 Å². The molecular weight excluding hydrogens is 350 g/mol. The molecule has 0 amide bonds. The summed E-state index contributed by atoms with van der Waals surface area (Å²) < 4.78 is 0.409. The summed E-state index contributed by atoms with van der Waals surface area (Å²) in [5, 5.41) is 0. The van der Waals surface area contributed by atoms with Crippen molar-refractivity contribution < 1.29 is 4.79 Å². The normalized spacial score (nSPS) is 24.3. The second-order valence-electron chi connectivity index (χ2n) is 9.54. The Morgan fingerprint density at radius 1 is 0.963 bits per heavy atom. The van der Waals surface area contributed by atoms with Gasteiger partial charge in [0, 0.05) is 36.4 Å². The maximum absolute atomic E-state index is 11.4. The van der Waals surface area contributed by atoms with Crippen molar-refractivity contribution in [3.8, 4) is 0 Å². The molecule has 2 fully saturated rings. The number of nitrogens with zero attached hydrogens (tertiary/aromatic N) is 1. The van der Waals surface area contributed by atoms with E-state index in [1.54, 1.807) is 0 Å². The van der Waals surface area contributed by atoms with Gasteiger partial charge in [-0.25, -0.2) is 0 Å². The molecule has 3 heteroatoms. The van der Waals surface area contributed by atoms with Gasteiger partial charge in [0.1, 0.15) is 5.78 Å². The van der Waals surface area contributed by atoms with Gasteiger partial charge < -0.3 is 4.90 Å². The van der Waals surface area contributed by atoms with Gasteiger partial charge in [0.2, 0.25) is 0 Å². The maximum Gasteiger partial charge on any atom is 0.136 e. The number of ketones is 1. The summed E-state index contributed by atoms with van der Waals surface area (Å²) in [5.74, 6) is 3.63. The van der Waals surface area contributed by atoms with Crippen LogP contribution in [0.4, 0.5) is 5.69 Å². The van der Waals surface area contributed by atoms with Crippen LogP contribution in [0, 0.1) is 11.8 Å². The van der Waals surface area contributed by atoms with E-state index in [1.165, 1.54) is 55.5 Å². The fraction of sp³-hybridized carbons (Fsp3) is 0.708. The predicted octanol–water partition coefficient (Wildman–Crippen LogP) is 6.13. The van der Waals surface area contributed by atoms with Crippen molar-refractivity contribution in [1.29, 1.82) is 0 Å². The molecule has 0 bridgehead atoms. The van der Waals surface area contributed by atoms with Crippen molar-refractivity contribution in [2.45, 2.75) is 76.9 Å². The minimum absolute atomic E-state index is 0.409. The van der Waals surface area contributed by atoms with Gasteiger partial charge in [0.05, 0.1) is 0 Å². The zero-order valence-electron chi connectivity index (χ0n) is 17.5. The van der Waals surface area contributed by atoms with Gasteiger partial charge in [-0.1, -0.05) is 45.7 Å². The predicted molar refractivity (Wildman–Crippen MR) is 119 cm³/mol. The second-order valence-corrected chi connectivity index (χ2v) is 11.4. The van der Waals surface area contributed by atoms with Gasteiger partial charge in [0.25, 0.3) is 0 Å². The Morgan fingerprint density at radius 3 is 2.15 bits per heavy atom. The molecule has 0 aromatic heterocycles. The van der Waals surface area contributed by atoms with Crippen molar-refractivity contribution in [2.75, 3.05) is 23.7 Å². The molecule has 1 saturated carbocycles. The molecule has 1 aromatic rings. The average molecular weight is 388 g/mol. The molecule has 0 radical (unpaired) electrons. The lowest BCUT2D eigenvalue weighted by Gasteiger charge is -2.30. The summed E-state index contributed by atoms with van der Waals surface area (Å²) in [7, 11) is 0. The van der Waals surface area contributed by atoms with Gasteiger partial charge in [-0.3, -0.25) is 4.79 Å². The van der Waals surface area contributed by atoms with Crippen molar-refractivity contribution in [1.82, 2.24) is 0 Å². The third kappa shape index (κ3) is 6.85. The summed E-state index contributed by atoms with van der Waals surface area (Å²) in [6.45, 7) is 8.77. The molecular formula is C24H37NOS. The Bertz CT molecular complexity index is 586. The molecule has 0 unspecified atom stereocenters. The van der Waals surface area contributed by atoms with Crippen molar-refractivity contribution >= 4 is 23.2 Å². The first-order chi connectivity index (χ1) is 12.9. The first-order valence-electron chi connectivity index (χ1n) is 10.9. The number of thioether (sulfide) groups is 1. The molecule has 0 spiro atoms. The number of anilines is 1. The molecule has 1 saturated heterocycles. The first-order valence-corrected chi connectivity index (χ1v) is 11.9. The highest BCUT2D eigenvalue weighted by Gasteiger charge is 2.23. The molecule has 0 N–H and O–H groups in total. The van der Waals surface area contributed by atoms with Crippen LogP contribution in [0.15, 0.2) is 24.3 Å². The number of benzene rings is 1. The highest BCUT2D eigenvalue weighted by atomic mass is 32.2. The van der Waals surface area contributed by atoms with Gasteiger partial charge in [0.15, 0.2) is 0 Å². The van der Waals surface area contributed by atoms with E-state index in [0.717, 1.165) is 24.9 Å². The van der Waals surface area contributed by atoms with Crippen LogP contribution in [0.2, 0.25) is 0 Å². The molecule has 1 heterocycles. The second kappa shape index (κ2) is 9.49. The Kier molecular flexibility index (Phi) is 7.30. The molecule has 1 aromatic carbocycles. The molecule has 150 valence electrons. The van der Waals surface area contributed by atoms with Crippen LogP contribution in [-0.2, 0) is 11.2 Å². The van der Waals surface area contributed by atoms with Crippen molar-refractivity contribution in [3.63, 3.8) is 0 Å². The fourth-order valence-corrected chi connectivity index (χ4v) is 5.38. The van der Waals surface area contributed by atoms with E-state index in [-0.39, 0.29) is 0 Å². The lowest BCUT2D eigenvalue weighted by Crippen LogP contribution is -2.33. The Balaban J connectivity index is 1.37. The minimum Gasteiger partial charge on any atom is -0.371 e. The van der Waals surface area contributed by atoms with Crippen molar-refractivity contribution in [3.05, 3.63) is 29.8 Å². The highest BCUT2D eigenvalue weighted by Crippen LogP contribution is 2.36. The largest absolute Gasteiger partial charge is 0.371 e. The summed E-state index contributed by atoms with van der Waals surface area (Å²) in [6, 6.07) is 9.12. The van der Waals surface area contributed by atoms with E-state index < -0.39 is 0 Å². The molecule has 1 aliphatic carbocycles. The zero-order chi connectivity index (χ0) is 19.3.